The molecule has 0 saturated heterocycles. The predicted molar refractivity (Wildman–Crippen MR) is 115 cm³/mol. The summed E-state index contributed by atoms with van der Waals surface area (Å²) in [5, 5.41) is 0. The molecule has 2 atom stereocenters. The lowest BCUT2D eigenvalue weighted by Gasteiger charge is -2.23. The maximum Gasteiger partial charge on any atom is 0.315 e. The van der Waals surface area contributed by atoms with Gasteiger partial charge in [0.1, 0.15) is 12.4 Å². The Balaban J connectivity index is 2.21. The molecule has 0 amide bonds. The fourth-order valence-electron chi connectivity index (χ4n) is 2.90. The molecule has 2 rings (SSSR count). The van der Waals surface area contributed by atoms with Crippen molar-refractivity contribution in [2.75, 3.05) is 6.26 Å². The molecule has 9 heteroatoms. The number of hydrogen-bond acceptors (Lipinski definition) is 8. The highest BCUT2D eigenvalue weighted by Gasteiger charge is 2.31. The summed E-state index contributed by atoms with van der Waals surface area (Å²) in [5.41, 5.74) is 7.47. The van der Waals surface area contributed by atoms with Crippen molar-refractivity contribution in [3.05, 3.63) is 65.7 Å². The number of carbonyl (C=O) groups excluding carboxylic acids is 2. The number of rotatable bonds is 10. The number of benzene rings is 2. The molecule has 0 saturated carbocycles. The van der Waals surface area contributed by atoms with Crippen molar-refractivity contribution < 1.29 is 31.7 Å². The van der Waals surface area contributed by atoms with Crippen LogP contribution in [-0.4, -0.2) is 38.8 Å². The number of esters is 2. The van der Waals surface area contributed by atoms with E-state index in [1.165, 1.54) is 24.3 Å². The molecule has 168 valence electrons. The Hall–Kier alpha value is -2.91. The van der Waals surface area contributed by atoms with E-state index < -0.39 is 34.0 Å². The molecule has 8 nitrogen and oxygen atoms in total. The first-order valence-electron chi connectivity index (χ1n) is 9.70. The van der Waals surface area contributed by atoms with E-state index in [-0.39, 0.29) is 24.9 Å². The Morgan fingerprint density at radius 2 is 1.61 bits per heavy atom. The van der Waals surface area contributed by atoms with E-state index in [1.807, 2.05) is 30.3 Å². The second kappa shape index (κ2) is 10.9. The molecule has 0 aliphatic rings. The van der Waals surface area contributed by atoms with Crippen molar-refractivity contribution in [3.63, 3.8) is 0 Å². The highest BCUT2D eigenvalue weighted by Crippen LogP contribution is 2.26. The zero-order valence-corrected chi connectivity index (χ0v) is 18.5. The largest absolute Gasteiger partial charge is 0.463 e. The number of carbonyl (C=O) groups is 2. The smallest absolute Gasteiger partial charge is 0.315 e. The normalized spacial score (nSPS) is 13.3. The van der Waals surface area contributed by atoms with Gasteiger partial charge in [0.15, 0.2) is 0 Å². The summed E-state index contributed by atoms with van der Waals surface area (Å²) >= 11 is 0. The van der Waals surface area contributed by atoms with Gasteiger partial charge in [-0.1, -0.05) is 42.5 Å². The first-order valence-corrected chi connectivity index (χ1v) is 11.5. The molecule has 2 unspecified atom stereocenters. The molecule has 0 spiro atoms. The molecule has 0 fully saturated rings. The monoisotopic (exact) mass is 449 g/mol. The maximum absolute atomic E-state index is 12.9. The molecule has 0 heterocycles. The first-order chi connectivity index (χ1) is 14.5. The average Bonchev–Trinajstić information content (AvgIpc) is 2.67. The molecule has 0 aliphatic carbocycles. The second-order valence-corrected chi connectivity index (χ2v) is 8.91. The van der Waals surface area contributed by atoms with Crippen LogP contribution in [0.4, 0.5) is 0 Å². The van der Waals surface area contributed by atoms with Crippen LogP contribution in [0.3, 0.4) is 0 Å². The van der Waals surface area contributed by atoms with E-state index in [0.29, 0.717) is 5.56 Å². The molecule has 31 heavy (non-hydrogen) atoms. The summed E-state index contributed by atoms with van der Waals surface area (Å²) in [4.78, 5) is 25.0. The van der Waals surface area contributed by atoms with Gasteiger partial charge in [-0.05, 0) is 37.1 Å². The molecular formula is C22H27NO7S. The van der Waals surface area contributed by atoms with Gasteiger partial charge in [-0.15, -0.1) is 0 Å². The van der Waals surface area contributed by atoms with Gasteiger partial charge < -0.3 is 19.4 Å². The lowest BCUT2D eigenvalue weighted by atomic mass is 9.90. The molecule has 2 N–H and O–H groups in total. The van der Waals surface area contributed by atoms with Crippen molar-refractivity contribution in [3.8, 4) is 5.75 Å². The second-order valence-electron chi connectivity index (χ2n) is 7.33. The van der Waals surface area contributed by atoms with Crippen LogP contribution in [0.15, 0.2) is 54.6 Å². The quantitative estimate of drug-likeness (QED) is 0.434. The highest BCUT2D eigenvalue weighted by molar-refractivity contribution is 7.86. The lowest BCUT2D eigenvalue weighted by Crippen LogP contribution is -2.37. The van der Waals surface area contributed by atoms with Gasteiger partial charge in [0.25, 0.3) is 0 Å². The maximum atomic E-state index is 12.9. The van der Waals surface area contributed by atoms with Crippen molar-refractivity contribution in [2.24, 2.45) is 5.73 Å². The Bertz CT molecular complexity index is 973. The van der Waals surface area contributed by atoms with Crippen molar-refractivity contribution in [2.45, 2.75) is 44.9 Å². The van der Waals surface area contributed by atoms with Crippen LogP contribution in [0.2, 0.25) is 0 Å². The van der Waals surface area contributed by atoms with Gasteiger partial charge >= 0.3 is 22.1 Å². The number of nitrogens with two attached hydrogens (primary N) is 1. The van der Waals surface area contributed by atoms with Crippen LogP contribution < -0.4 is 9.92 Å². The summed E-state index contributed by atoms with van der Waals surface area (Å²) in [6.07, 6.45) is 0.432. The molecule has 2 aromatic carbocycles. The van der Waals surface area contributed by atoms with Gasteiger partial charge in [0.05, 0.1) is 24.7 Å². The summed E-state index contributed by atoms with van der Waals surface area (Å²) in [6.45, 7) is 3.49. The first kappa shape index (κ1) is 24.4. The average molecular weight is 450 g/mol. The Morgan fingerprint density at radius 1 is 1.00 bits per heavy atom. The van der Waals surface area contributed by atoms with Gasteiger partial charge in [0.2, 0.25) is 0 Å². The zero-order chi connectivity index (χ0) is 23.0. The minimum absolute atomic E-state index is 0.0502. The molecule has 0 aliphatic heterocycles. The van der Waals surface area contributed by atoms with Crippen LogP contribution in [0.1, 0.15) is 37.3 Å². The van der Waals surface area contributed by atoms with E-state index in [2.05, 4.69) is 0 Å². The summed E-state index contributed by atoms with van der Waals surface area (Å²) < 4.78 is 38.0. The number of hydrogen-bond donors (Lipinski definition) is 1. The minimum atomic E-state index is -3.69. The van der Waals surface area contributed by atoms with Crippen LogP contribution >= 0.6 is 0 Å². The minimum Gasteiger partial charge on any atom is -0.463 e. The van der Waals surface area contributed by atoms with Gasteiger partial charge in [-0.2, -0.15) is 8.42 Å². The predicted octanol–water partition coefficient (Wildman–Crippen LogP) is 2.52. The molecule has 0 aromatic heterocycles. The van der Waals surface area contributed by atoms with Crippen LogP contribution in [0.5, 0.6) is 5.75 Å². The highest BCUT2D eigenvalue weighted by atomic mass is 32.2. The van der Waals surface area contributed by atoms with Crippen LogP contribution in [0.25, 0.3) is 0 Å². The Kier molecular flexibility index (Phi) is 8.58. The Labute approximate surface area is 182 Å². The van der Waals surface area contributed by atoms with Gasteiger partial charge in [-0.25, -0.2) is 0 Å². The van der Waals surface area contributed by atoms with E-state index in [0.717, 1.165) is 11.8 Å². The zero-order valence-electron chi connectivity index (χ0n) is 17.7. The third-order valence-corrected chi connectivity index (χ3v) is 4.66. The van der Waals surface area contributed by atoms with Crippen molar-refractivity contribution >= 4 is 22.1 Å². The summed E-state index contributed by atoms with van der Waals surface area (Å²) in [6, 6.07) is 14.1. The van der Waals surface area contributed by atoms with E-state index in [1.54, 1.807) is 13.8 Å². The molecule has 0 radical (unpaired) electrons. The van der Waals surface area contributed by atoms with Gasteiger partial charge in [-0.3, -0.25) is 9.59 Å². The molecule has 2 aromatic rings. The third kappa shape index (κ3) is 8.39. The van der Waals surface area contributed by atoms with E-state index >= 15 is 0 Å². The number of ether oxygens (including phenoxy) is 2. The van der Waals surface area contributed by atoms with Crippen LogP contribution in [-0.2, 0) is 35.8 Å². The fourth-order valence-corrected chi connectivity index (χ4v) is 3.36. The lowest BCUT2D eigenvalue weighted by molar-refractivity contribution is -0.150. The SMILES string of the molecule is CC(C)OC(=O)CC(N)C(C(=O)OCc1ccccc1)c1ccc(OS(C)(=O)=O)cc1. The van der Waals surface area contributed by atoms with Crippen molar-refractivity contribution in [1.29, 1.82) is 0 Å². The van der Waals surface area contributed by atoms with E-state index in [9.17, 15) is 18.0 Å². The van der Waals surface area contributed by atoms with Crippen molar-refractivity contribution in [1.82, 2.24) is 0 Å². The summed E-state index contributed by atoms with van der Waals surface area (Å²) in [7, 11) is -3.69. The standard InChI is InChI=1S/C22H27NO7S/c1-15(2)29-20(24)13-19(23)21(22(25)28-14-16-7-5-4-6-8-16)17-9-11-18(12-10-17)30-31(3,26)27/h4-12,15,19,21H,13-14,23H2,1-3H3. The fraction of sp³-hybridized carbons (Fsp3) is 0.364. The third-order valence-electron chi connectivity index (χ3n) is 4.16. The molecular weight excluding hydrogens is 422 g/mol. The molecule has 0 bridgehead atoms. The van der Waals surface area contributed by atoms with Crippen LogP contribution in [0, 0.1) is 0 Å². The summed E-state index contributed by atoms with van der Waals surface area (Å²) in [5.74, 6) is -2.00. The van der Waals surface area contributed by atoms with Gasteiger partial charge in [0, 0.05) is 6.04 Å². The topological polar surface area (TPSA) is 122 Å². The Morgan fingerprint density at radius 3 is 2.16 bits per heavy atom. The van der Waals surface area contributed by atoms with E-state index in [4.69, 9.17) is 19.4 Å².